The second-order valence-electron chi connectivity index (χ2n) is 13.9. The van der Waals surface area contributed by atoms with Gasteiger partial charge in [0.05, 0.1) is 0 Å². The quantitative estimate of drug-likeness (QED) is 0.0382. The lowest BCUT2D eigenvalue weighted by molar-refractivity contribution is -0.145. The number of rotatable bonds is 37. The molecule has 0 fully saturated rings. The Balaban J connectivity index is 3.87. The fraction of sp³-hybridized carbons (Fsp3) is 0.750. The summed E-state index contributed by atoms with van der Waals surface area (Å²) in [6.45, 7) is 4.06. The van der Waals surface area contributed by atoms with E-state index in [1.165, 1.54) is 122 Å². The Morgan fingerprint density at radius 3 is 1.54 bits per heavy atom. The van der Waals surface area contributed by atoms with E-state index in [0.717, 1.165) is 51.4 Å². The minimum atomic E-state index is -1.03. The average Bonchev–Trinajstić information content (AvgIpc) is 3.10. The summed E-state index contributed by atoms with van der Waals surface area (Å²) in [6, 6.07) is 0. The summed E-state index contributed by atoms with van der Waals surface area (Å²) in [7, 11) is 0. The van der Waals surface area contributed by atoms with Gasteiger partial charge in [0.2, 0.25) is 5.91 Å². The first-order valence-electron chi connectivity index (χ1n) is 20.8. The van der Waals surface area contributed by atoms with Crippen molar-refractivity contribution >= 4 is 17.8 Å². The first-order chi connectivity index (χ1) is 24.5. The van der Waals surface area contributed by atoms with Gasteiger partial charge < -0.3 is 15.2 Å². The van der Waals surface area contributed by atoms with Crippen molar-refractivity contribution in [3.63, 3.8) is 0 Å². The van der Waals surface area contributed by atoms with Gasteiger partial charge in [0.25, 0.3) is 0 Å². The fourth-order valence-electron chi connectivity index (χ4n) is 5.88. The summed E-state index contributed by atoms with van der Waals surface area (Å²) in [5.41, 5.74) is 0. The Morgan fingerprint density at radius 2 is 1.00 bits per heavy atom. The third-order valence-electron chi connectivity index (χ3n) is 8.95. The second-order valence-corrected chi connectivity index (χ2v) is 13.9. The van der Waals surface area contributed by atoms with Crippen molar-refractivity contribution < 1.29 is 24.2 Å². The van der Waals surface area contributed by atoms with Gasteiger partial charge in [-0.3, -0.25) is 14.4 Å². The molecule has 0 spiro atoms. The summed E-state index contributed by atoms with van der Waals surface area (Å²) >= 11 is 0. The topological polar surface area (TPSA) is 92.7 Å². The standard InChI is InChI=1S/C44H77NO5/c1-3-5-7-9-10-11-12-13-14-15-16-17-18-19-20-21-22-23-24-25-26-31-35-39-44(49)50-41(36-32-28-8-6-4-2)37-33-29-27-30-34-38-42(46)45-40-43(47)48/h6,8,15-16,32-33,36-37,41H,3-5,7,9-14,17-31,34-35,38-40H2,1-2H3,(H,45,46)(H,47,48)/b8-6-,16-15-,36-32-,37-33-. The van der Waals surface area contributed by atoms with Crippen molar-refractivity contribution in [3.05, 3.63) is 48.6 Å². The van der Waals surface area contributed by atoms with Crippen molar-refractivity contribution in [2.75, 3.05) is 6.54 Å². The highest BCUT2D eigenvalue weighted by atomic mass is 16.5. The molecule has 1 amide bonds. The number of ether oxygens (including phenoxy) is 1. The average molecular weight is 700 g/mol. The Hall–Kier alpha value is -2.63. The number of carboxylic acid groups (broad SMARTS) is 1. The number of esters is 1. The predicted octanol–water partition coefficient (Wildman–Crippen LogP) is 12.7. The highest BCUT2D eigenvalue weighted by molar-refractivity contribution is 5.80. The molecule has 0 aromatic carbocycles. The lowest BCUT2D eigenvalue weighted by atomic mass is 10.0. The van der Waals surface area contributed by atoms with Crippen LogP contribution in [0.15, 0.2) is 48.6 Å². The molecule has 0 aliphatic carbocycles. The number of allylic oxidation sites excluding steroid dienone is 6. The van der Waals surface area contributed by atoms with Gasteiger partial charge in [-0.25, -0.2) is 0 Å². The summed E-state index contributed by atoms with van der Waals surface area (Å²) in [6.07, 6.45) is 50.2. The van der Waals surface area contributed by atoms with Crippen LogP contribution in [-0.2, 0) is 19.1 Å². The minimum Gasteiger partial charge on any atom is -0.480 e. The van der Waals surface area contributed by atoms with Gasteiger partial charge in [-0.05, 0) is 76.4 Å². The monoisotopic (exact) mass is 700 g/mol. The van der Waals surface area contributed by atoms with Gasteiger partial charge in [0, 0.05) is 12.8 Å². The van der Waals surface area contributed by atoms with E-state index >= 15 is 0 Å². The first kappa shape index (κ1) is 47.4. The van der Waals surface area contributed by atoms with E-state index in [1.807, 2.05) is 24.3 Å². The van der Waals surface area contributed by atoms with Crippen molar-refractivity contribution in [2.24, 2.45) is 0 Å². The molecule has 288 valence electrons. The lowest BCUT2D eigenvalue weighted by Gasteiger charge is -2.11. The molecule has 0 saturated carbocycles. The molecule has 0 radical (unpaired) electrons. The zero-order chi connectivity index (χ0) is 36.6. The highest BCUT2D eigenvalue weighted by Crippen LogP contribution is 2.14. The molecule has 50 heavy (non-hydrogen) atoms. The van der Waals surface area contributed by atoms with Gasteiger partial charge in [-0.1, -0.05) is 159 Å². The third kappa shape index (κ3) is 38.2. The zero-order valence-electron chi connectivity index (χ0n) is 32.5. The maximum Gasteiger partial charge on any atom is 0.322 e. The number of carbonyl (C=O) groups is 3. The molecule has 0 aromatic heterocycles. The van der Waals surface area contributed by atoms with Crippen LogP contribution in [0.25, 0.3) is 0 Å². The lowest BCUT2D eigenvalue weighted by Crippen LogP contribution is -2.28. The first-order valence-corrected chi connectivity index (χ1v) is 20.8. The van der Waals surface area contributed by atoms with E-state index in [2.05, 4.69) is 43.5 Å². The molecular weight excluding hydrogens is 622 g/mol. The second kappa shape index (κ2) is 39.2. The molecule has 0 bridgehead atoms. The minimum absolute atomic E-state index is 0.139. The number of unbranched alkanes of at least 4 members (excludes halogenated alkanes) is 22. The van der Waals surface area contributed by atoms with Crippen LogP contribution in [-0.4, -0.2) is 35.6 Å². The van der Waals surface area contributed by atoms with E-state index in [9.17, 15) is 14.4 Å². The van der Waals surface area contributed by atoms with E-state index < -0.39 is 5.97 Å². The fourth-order valence-corrected chi connectivity index (χ4v) is 5.88. The molecule has 2 N–H and O–H groups in total. The van der Waals surface area contributed by atoms with Crippen LogP contribution < -0.4 is 5.32 Å². The number of aliphatic carboxylic acids is 1. The Kier molecular flexibility index (Phi) is 37.1. The van der Waals surface area contributed by atoms with E-state index in [-0.39, 0.29) is 24.5 Å². The van der Waals surface area contributed by atoms with Crippen LogP contribution in [0, 0.1) is 0 Å². The van der Waals surface area contributed by atoms with Gasteiger partial charge in [-0.2, -0.15) is 0 Å². The molecule has 1 atom stereocenters. The highest BCUT2D eigenvalue weighted by Gasteiger charge is 2.09. The number of amides is 1. The van der Waals surface area contributed by atoms with E-state index in [1.54, 1.807) is 0 Å². The molecular formula is C44H77NO5. The molecule has 6 nitrogen and oxygen atoms in total. The SMILES string of the molecule is CC/C=C\C/C=C\C(/C=C\CCCCCC(=O)NCC(=O)O)OC(=O)CCCCCCCCCCCCC/C=C\CCCCCCCCCC. The van der Waals surface area contributed by atoms with Crippen molar-refractivity contribution in [1.82, 2.24) is 5.32 Å². The molecule has 1 unspecified atom stereocenters. The number of carboxylic acids is 1. The smallest absolute Gasteiger partial charge is 0.322 e. The summed E-state index contributed by atoms with van der Waals surface area (Å²) in [4.78, 5) is 34.7. The molecule has 0 aromatic rings. The predicted molar refractivity (Wildman–Crippen MR) is 212 cm³/mol. The summed E-state index contributed by atoms with van der Waals surface area (Å²) < 4.78 is 5.77. The van der Waals surface area contributed by atoms with Crippen molar-refractivity contribution in [1.29, 1.82) is 0 Å². The largest absolute Gasteiger partial charge is 0.480 e. The van der Waals surface area contributed by atoms with Crippen LogP contribution in [0.5, 0.6) is 0 Å². The summed E-state index contributed by atoms with van der Waals surface area (Å²) in [5, 5.41) is 11.0. The van der Waals surface area contributed by atoms with Crippen molar-refractivity contribution in [3.8, 4) is 0 Å². The van der Waals surface area contributed by atoms with Crippen LogP contribution in [0.4, 0.5) is 0 Å². The molecule has 0 rings (SSSR count). The Morgan fingerprint density at radius 1 is 0.540 bits per heavy atom. The normalized spacial score (nSPS) is 12.5. The number of hydrogen-bond acceptors (Lipinski definition) is 4. The Bertz CT molecular complexity index is 906. The van der Waals surface area contributed by atoms with Crippen molar-refractivity contribution in [2.45, 2.75) is 206 Å². The van der Waals surface area contributed by atoms with Gasteiger partial charge in [-0.15, -0.1) is 0 Å². The van der Waals surface area contributed by atoms with Gasteiger partial charge >= 0.3 is 11.9 Å². The molecule has 6 heteroatoms. The molecule has 0 heterocycles. The number of hydrogen-bond donors (Lipinski definition) is 2. The van der Waals surface area contributed by atoms with Crippen LogP contribution in [0.2, 0.25) is 0 Å². The number of carbonyl (C=O) groups excluding carboxylic acids is 2. The van der Waals surface area contributed by atoms with Gasteiger partial charge in [0.15, 0.2) is 0 Å². The summed E-state index contributed by atoms with van der Waals surface area (Å²) in [5.74, 6) is -1.40. The molecule has 0 aliphatic heterocycles. The van der Waals surface area contributed by atoms with Crippen LogP contribution >= 0.6 is 0 Å². The van der Waals surface area contributed by atoms with Crippen LogP contribution in [0.1, 0.15) is 200 Å². The maximum atomic E-state index is 12.6. The Labute approximate surface area is 308 Å². The van der Waals surface area contributed by atoms with E-state index in [4.69, 9.17) is 9.84 Å². The number of nitrogens with one attached hydrogen (secondary N) is 1. The maximum absolute atomic E-state index is 12.6. The molecule has 0 aliphatic rings. The molecule has 0 saturated heterocycles. The van der Waals surface area contributed by atoms with E-state index in [0.29, 0.717) is 12.8 Å². The third-order valence-corrected chi connectivity index (χ3v) is 8.95. The zero-order valence-corrected chi connectivity index (χ0v) is 32.5. The van der Waals surface area contributed by atoms with Gasteiger partial charge in [0.1, 0.15) is 12.6 Å². The van der Waals surface area contributed by atoms with Crippen LogP contribution in [0.3, 0.4) is 0 Å².